The topological polar surface area (TPSA) is 49.0 Å². The van der Waals surface area contributed by atoms with Crippen LogP contribution in [0.1, 0.15) is 30.4 Å². The molecule has 4 heterocycles. The smallest absolute Gasteiger partial charge is 0.249 e. The molecule has 8 aromatic rings. The van der Waals surface area contributed by atoms with Crippen LogP contribution in [0.3, 0.4) is 0 Å². The van der Waals surface area contributed by atoms with Gasteiger partial charge in [0.2, 0.25) is 6.33 Å². The third-order valence-electron chi connectivity index (χ3n) is 8.14. The molecule has 0 aliphatic carbocycles. The third kappa shape index (κ3) is 4.09. The molecule has 210 valence electrons. The molecule has 8 rings (SSSR count). The maximum Gasteiger partial charge on any atom is 0.249 e. The Morgan fingerprint density at radius 2 is 1.56 bits per heavy atom. The van der Waals surface area contributed by atoms with E-state index in [0.29, 0.717) is 22.6 Å². The fourth-order valence-corrected chi connectivity index (χ4v) is 5.95. The van der Waals surface area contributed by atoms with E-state index < -0.39 is 6.98 Å². The summed E-state index contributed by atoms with van der Waals surface area (Å²) >= 11 is 0. The van der Waals surface area contributed by atoms with E-state index in [1.165, 1.54) is 10.1 Å². The van der Waals surface area contributed by atoms with Crippen molar-refractivity contribution in [2.45, 2.75) is 26.2 Å². The molecular weight excluding hydrogens is 532 g/mol. The maximum absolute atomic E-state index is 8.05. The summed E-state index contributed by atoms with van der Waals surface area (Å²) in [5, 5.41) is 3.06. The second-order valence-corrected chi connectivity index (χ2v) is 11.9. The Morgan fingerprint density at radius 3 is 2.42 bits per heavy atom. The van der Waals surface area contributed by atoms with Crippen molar-refractivity contribution < 1.29 is 17.8 Å². The Balaban J connectivity index is 1.23. The summed E-state index contributed by atoms with van der Waals surface area (Å²) in [5.41, 5.74) is 6.02. The fourth-order valence-electron chi connectivity index (χ4n) is 5.95. The zero-order chi connectivity index (χ0) is 31.8. The minimum Gasteiger partial charge on any atom is -0.460 e. The SMILES string of the molecule is [2H]C([2H])([2H])[n+]1cn(-c2coc3ccc(Oc4ccc5c6ccccc6n(-c6cc(C(C)(C)C)ccn6)c5c4)cc23)c2ccccc21. The highest BCUT2D eigenvalue weighted by atomic mass is 16.5. The average Bonchev–Trinajstić information content (AvgIpc) is 3.72. The number of benzene rings is 4. The Hall–Kier alpha value is -5.36. The van der Waals surface area contributed by atoms with E-state index >= 15 is 0 Å². The summed E-state index contributed by atoms with van der Waals surface area (Å²) in [5.74, 6) is 2.17. The molecule has 0 N–H and O–H groups in total. The molecule has 4 aromatic carbocycles. The summed E-state index contributed by atoms with van der Waals surface area (Å²) < 4.78 is 41.9. The van der Waals surface area contributed by atoms with E-state index in [1.54, 1.807) is 18.7 Å². The molecule has 0 radical (unpaired) electrons. The van der Waals surface area contributed by atoms with Gasteiger partial charge in [0.1, 0.15) is 29.2 Å². The van der Waals surface area contributed by atoms with Gasteiger partial charge in [0.05, 0.1) is 27.5 Å². The Kier molecular flexibility index (Phi) is 4.83. The highest BCUT2D eigenvalue weighted by molar-refractivity contribution is 6.09. The molecule has 4 aromatic heterocycles. The first-order chi connectivity index (χ1) is 22.1. The van der Waals surface area contributed by atoms with Gasteiger partial charge in [-0.2, -0.15) is 4.57 Å². The standard InChI is InChI=1S/C37H31N4O2/c1-37(2,3)24-17-18-38-36(19-24)41-30-10-6-5-9-27(30)28-15-13-26(21-33(28)41)43-25-14-16-35-29(20-25)34(22-42-35)40-23-39(4)31-11-7-8-12-32(31)40/h5-23H,1-4H3/q+1/i4D3. The number of ether oxygens (including phenoxy) is 1. The van der Waals surface area contributed by atoms with Gasteiger partial charge in [0.15, 0.2) is 16.7 Å². The highest BCUT2D eigenvalue weighted by Crippen LogP contribution is 2.37. The molecule has 43 heavy (non-hydrogen) atoms. The number of para-hydroxylation sites is 3. The van der Waals surface area contributed by atoms with E-state index in [2.05, 4.69) is 67.8 Å². The average molecular weight is 567 g/mol. The van der Waals surface area contributed by atoms with Gasteiger partial charge in [-0.1, -0.05) is 51.1 Å². The molecule has 0 saturated carbocycles. The molecule has 6 nitrogen and oxygen atoms in total. The number of nitrogens with zero attached hydrogens (tertiary/aromatic N) is 4. The largest absolute Gasteiger partial charge is 0.460 e. The Morgan fingerprint density at radius 1 is 0.791 bits per heavy atom. The zero-order valence-electron chi connectivity index (χ0n) is 27.1. The monoisotopic (exact) mass is 566 g/mol. The van der Waals surface area contributed by atoms with Crippen LogP contribution in [-0.4, -0.2) is 14.1 Å². The van der Waals surface area contributed by atoms with Crippen molar-refractivity contribution >= 4 is 43.8 Å². The summed E-state index contributed by atoms with van der Waals surface area (Å²) in [6.07, 6.45) is 5.13. The second-order valence-electron chi connectivity index (χ2n) is 11.9. The van der Waals surface area contributed by atoms with Crippen LogP contribution >= 0.6 is 0 Å². The lowest BCUT2D eigenvalue weighted by molar-refractivity contribution is -0.645. The molecule has 0 saturated heterocycles. The maximum atomic E-state index is 8.05. The number of imidazole rings is 1. The van der Waals surface area contributed by atoms with Crippen LogP contribution in [0.2, 0.25) is 0 Å². The first-order valence-electron chi connectivity index (χ1n) is 15.8. The van der Waals surface area contributed by atoms with Gasteiger partial charge in [-0.25, -0.2) is 9.55 Å². The van der Waals surface area contributed by atoms with Crippen molar-refractivity contribution in [3.05, 3.63) is 121 Å². The highest BCUT2D eigenvalue weighted by Gasteiger charge is 2.21. The van der Waals surface area contributed by atoms with Crippen LogP contribution in [0.25, 0.3) is 55.3 Å². The Labute approximate surface area is 253 Å². The number of hydrogen-bond donors (Lipinski definition) is 0. The van der Waals surface area contributed by atoms with E-state index in [-0.39, 0.29) is 5.41 Å². The number of rotatable bonds is 4. The fraction of sp³-hybridized carbons (Fsp3) is 0.135. The minimum absolute atomic E-state index is 0.0186. The number of aromatic nitrogens is 4. The van der Waals surface area contributed by atoms with E-state index in [0.717, 1.165) is 44.2 Å². The molecule has 6 heteroatoms. The minimum atomic E-state index is -2.33. The lowest BCUT2D eigenvalue weighted by Gasteiger charge is -2.20. The van der Waals surface area contributed by atoms with Gasteiger partial charge in [0, 0.05) is 23.0 Å². The molecule has 0 unspecified atom stereocenters. The zero-order valence-corrected chi connectivity index (χ0v) is 24.1. The Bertz CT molecular complexity index is 2440. The van der Waals surface area contributed by atoms with Crippen LogP contribution in [0.5, 0.6) is 11.5 Å². The van der Waals surface area contributed by atoms with Crippen LogP contribution in [0.4, 0.5) is 0 Å². The normalized spacial score (nSPS) is 13.5. The molecule has 0 atom stereocenters. The van der Waals surface area contributed by atoms with E-state index in [1.807, 2.05) is 59.3 Å². The van der Waals surface area contributed by atoms with E-state index in [9.17, 15) is 0 Å². The van der Waals surface area contributed by atoms with E-state index in [4.69, 9.17) is 18.3 Å². The van der Waals surface area contributed by atoms with Crippen molar-refractivity contribution in [1.82, 2.24) is 14.1 Å². The van der Waals surface area contributed by atoms with Crippen LogP contribution in [-0.2, 0) is 12.4 Å². The van der Waals surface area contributed by atoms with Crippen molar-refractivity contribution in [3.8, 4) is 23.0 Å². The molecule has 0 aliphatic rings. The van der Waals surface area contributed by atoms with Crippen molar-refractivity contribution in [3.63, 3.8) is 0 Å². The lowest BCUT2D eigenvalue weighted by atomic mass is 9.88. The predicted octanol–water partition coefficient (Wildman–Crippen LogP) is 8.78. The first-order valence-corrected chi connectivity index (χ1v) is 14.3. The molecule has 0 aliphatic heterocycles. The predicted molar refractivity (Wildman–Crippen MR) is 172 cm³/mol. The molecule has 0 fully saturated rings. The molecule has 0 bridgehead atoms. The van der Waals surface area contributed by atoms with Gasteiger partial charge in [0.25, 0.3) is 0 Å². The first kappa shape index (κ1) is 22.3. The van der Waals surface area contributed by atoms with Gasteiger partial charge in [-0.3, -0.25) is 4.57 Å². The molecular formula is C37H31N4O2+. The summed E-state index contributed by atoms with van der Waals surface area (Å²) in [7, 11) is 0. The van der Waals surface area contributed by atoms with Crippen molar-refractivity contribution in [2.24, 2.45) is 6.98 Å². The van der Waals surface area contributed by atoms with Crippen LogP contribution in [0.15, 0.2) is 120 Å². The van der Waals surface area contributed by atoms with Gasteiger partial charge in [-0.05, 0) is 71.6 Å². The summed E-state index contributed by atoms with van der Waals surface area (Å²) in [4.78, 5) is 4.79. The molecule has 0 spiro atoms. The summed E-state index contributed by atoms with van der Waals surface area (Å²) in [6.45, 7) is 4.28. The number of furan rings is 1. The lowest BCUT2D eigenvalue weighted by Crippen LogP contribution is -2.25. The van der Waals surface area contributed by atoms with Crippen molar-refractivity contribution in [2.75, 3.05) is 0 Å². The van der Waals surface area contributed by atoms with Gasteiger partial charge < -0.3 is 9.15 Å². The third-order valence-corrected chi connectivity index (χ3v) is 8.14. The molecule has 0 amide bonds. The van der Waals surface area contributed by atoms with Gasteiger partial charge >= 0.3 is 0 Å². The number of aryl methyl sites for hydroxylation is 1. The summed E-state index contributed by atoms with van der Waals surface area (Å²) in [6, 6.07) is 31.8. The van der Waals surface area contributed by atoms with Gasteiger partial charge in [-0.15, -0.1) is 0 Å². The second kappa shape index (κ2) is 9.33. The number of pyridine rings is 1. The number of fused-ring (bicyclic) bond motifs is 5. The van der Waals surface area contributed by atoms with Crippen molar-refractivity contribution in [1.29, 1.82) is 0 Å². The van der Waals surface area contributed by atoms with Crippen LogP contribution in [0, 0.1) is 0 Å². The number of hydrogen-bond acceptors (Lipinski definition) is 3. The quantitative estimate of drug-likeness (QED) is 0.200. The van der Waals surface area contributed by atoms with Crippen LogP contribution < -0.4 is 9.30 Å².